The molecule has 0 aliphatic carbocycles. The molecule has 1 aromatic heterocycles. The lowest BCUT2D eigenvalue weighted by Crippen LogP contribution is -2.44. The third-order valence-electron chi connectivity index (χ3n) is 4.79. The lowest BCUT2D eigenvalue weighted by Gasteiger charge is -2.33. The first-order valence-corrected chi connectivity index (χ1v) is 11.9. The molecule has 178 valence electrons. The Hall–Kier alpha value is -3.28. The van der Waals surface area contributed by atoms with E-state index in [1.54, 1.807) is 56.2 Å². The van der Waals surface area contributed by atoms with Crippen LogP contribution in [-0.4, -0.2) is 61.1 Å². The van der Waals surface area contributed by atoms with Crippen molar-refractivity contribution in [3.8, 4) is 5.88 Å². The van der Waals surface area contributed by atoms with Crippen molar-refractivity contribution in [1.29, 1.82) is 0 Å². The predicted molar refractivity (Wildman–Crippen MR) is 122 cm³/mol. The van der Waals surface area contributed by atoms with E-state index in [-0.39, 0.29) is 23.5 Å². The fourth-order valence-electron chi connectivity index (χ4n) is 3.21. The van der Waals surface area contributed by atoms with Gasteiger partial charge in [-0.2, -0.15) is 4.98 Å². The lowest BCUT2D eigenvalue weighted by molar-refractivity contribution is -0.385. The molecule has 33 heavy (non-hydrogen) atoms. The SMILES string of the molecule is CS(=O)c1ccc(Nc2ncnc(OC3CCN(C(=O)OC(C)(C)C)CC3)c2[N+](=O)[O-])cc1. The van der Waals surface area contributed by atoms with Crippen molar-refractivity contribution < 1.29 is 23.4 Å². The molecular formula is C21H27N5O6S. The molecule has 1 aromatic carbocycles. The Labute approximate surface area is 194 Å². The molecule has 1 aliphatic heterocycles. The van der Waals surface area contributed by atoms with E-state index < -0.39 is 27.4 Å². The van der Waals surface area contributed by atoms with Gasteiger partial charge in [0.1, 0.15) is 18.0 Å². The van der Waals surface area contributed by atoms with Crippen LogP contribution in [0.5, 0.6) is 5.88 Å². The van der Waals surface area contributed by atoms with Gasteiger partial charge in [-0.05, 0) is 45.0 Å². The van der Waals surface area contributed by atoms with Crippen molar-refractivity contribution in [2.75, 3.05) is 24.7 Å². The number of piperidine rings is 1. The highest BCUT2D eigenvalue weighted by Crippen LogP contribution is 2.34. The van der Waals surface area contributed by atoms with Gasteiger partial charge in [0, 0.05) is 53.6 Å². The van der Waals surface area contributed by atoms with Crippen LogP contribution < -0.4 is 10.1 Å². The highest BCUT2D eigenvalue weighted by molar-refractivity contribution is 7.84. The van der Waals surface area contributed by atoms with Crippen LogP contribution in [0.15, 0.2) is 35.5 Å². The molecule has 0 radical (unpaired) electrons. The molecule has 12 heteroatoms. The summed E-state index contributed by atoms with van der Waals surface area (Å²) in [6.45, 7) is 6.24. The zero-order valence-electron chi connectivity index (χ0n) is 18.9. The van der Waals surface area contributed by atoms with Crippen molar-refractivity contribution in [2.24, 2.45) is 0 Å². The Bertz CT molecular complexity index is 1030. The number of nitrogens with one attached hydrogen (secondary N) is 1. The molecule has 0 saturated carbocycles. The average molecular weight is 478 g/mol. The van der Waals surface area contributed by atoms with Gasteiger partial charge in [-0.15, -0.1) is 0 Å². The number of anilines is 2. The molecule has 2 aromatic rings. The quantitative estimate of drug-likeness (QED) is 0.488. The number of rotatable bonds is 6. The van der Waals surface area contributed by atoms with E-state index in [0.717, 1.165) is 0 Å². The van der Waals surface area contributed by atoms with Crippen molar-refractivity contribution in [2.45, 2.75) is 50.2 Å². The molecule has 1 aliphatic rings. The van der Waals surface area contributed by atoms with E-state index in [2.05, 4.69) is 15.3 Å². The molecule has 3 rings (SSSR count). The van der Waals surface area contributed by atoms with Crippen molar-refractivity contribution in [3.63, 3.8) is 0 Å². The highest BCUT2D eigenvalue weighted by atomic mass is 32.2. The highest BCUT2D eigenvalue weighted by Gasteiger charge is 2.31. The predicted octanol–water partition coefficient (Wildman–Crippen LogP) is 3.64. The van der Waals surface area contributed by atoms with Crippen molar-refractivity contribution >= 4 is 34.1 Å². The summed E-state index contributed by atoms with van der Waals surface area (Å²) in [6, 6.07) is 6.66. The topological polar surface area (TPSA) is 137 Å². The van der Waals surface area contributed by atoms with E-state index in [0.29, 0.717) is 36.5 Å². The van der Waals surface area contributed by atoms with E-state index in [1.165, 1.54) is 6.33 Å². The Morgan fingerprint density at radius 2 is 1.85 bits per heavy atom. The third-order valence-corrected chi connectivity index (χ3v) is 5.73. The number of carbonyl (C=O) groups excluding carboxylic acids is 1. The average Bonchev–Trinajstić information content (AvgIpc) is 2.73. The first-order valence-electron chi connectivity index (χ1n) is 10.4. The molecular weight excluding hydrogens is 450 g/mol. The number of aromatic nitrogens is 2. The zero-order chi connectivity index (χ0) is 24.2. The molecule has 1 atom stereocenters. The summed E-state index contributed by atoms with van der Waals surface area (Å²) in [6.07, 6.45) is 3.00. The molecule has 1 fully saturated rings. The van der Waals surface area contributed by atoms with Crippen LogP contribution in [0.25, 0.3) is 0 Å². The minimum absolute atomic E-state index is 0.0124. The first-order chi connectivity index (χ1) is 15.5. The van der Waals surface area contributed by atoms with Gasteiger partial charge in [0.05, 0.1) is 4.92 Å². The lowest BCUT2D eigenvalue weighted by atomic mass is 10.1. The second-order valence-electron chi connectivity index (χ2n) is 8.52. The second kappa shape index (κ2) is 10.1. The molecule has 1 N–H and O–H groups in total. The van der Waals surface area contributed by atoms with Crippen LogP contribution in [0, 0.1) is 10.1 Å². The summed E-state index contributed by atoms with van der Waals surface area (Å²) in [5.74, 6) is -0.152. The Morgan fingerprint density at radius 1 is 1.21 bits per heavy atom. The maximum Gasteiger partial charge on any atom is 0.410 e. The van der Waals surface area contributed by atoms with Crippen LogP contribution >= 0.6 is 0 Å². The molecule has 2 heterocycles. The molecule has 1 saturated heterocycles. The number of nitro groups is 1. The van der Waals surface area contributed by atoms with Gasteiger partial charge < -0.3 is 19.7 Å². The van der Waals surface area contributed by atoms with Gasteiger partial charge in [-0.3, -0.25) is 14.3 Å². The standard InChI is InChI=1S/C21H27N5O6S/c1-21(2,3)32-20(27)25-11-9-15(10-12-25)31-19-17(26(28)29)18(22-13-23-19)24-14-5-7-16(8-6-14)33(4)30/h5-8,13,15H,9-12H2,1-4H3,(H,22,23,24). The van der Waals surface area contributed by atoms with Gasteiger partial charge in [0.15, 0.2) is 0 Å². The second-order valence-corrected chi connectivity index (χ2v) is 9.90. The first kappa shape index (κ1) is 24.4. The van der Waals surface area contributed by atoms with Crippen LogP contribution in [0.3, 0.4) is 0 Å². The van der Waals surface area contributed by atoms with Crippen molar-refractivity contribution in [3.05, 3.63) is 40.7 Å². The minimum atomic E-state index is -1.13. The minimum Gasteiger partial charge on any atom is -0.469 e. The summed E-state index contributed by atoms with van der Waals surface area (Å²) in [4.78, 5) is 33.6. The van der Waals surface area contributed by atoms with E-state index >= 15 is 0 Å². The van der Waals surface area contributed by atoms with E-state index in [1.807, 2.05) is 0 Å². The summed E-state index contributed by atoms with van der Waals surface area (Å²) < 4.78 is 22.8. The fourth-order valence-corrected chi connectivity index (χ4v) is 3.73. The molecule has 0 bridgehead atoms. The number of hydrogen-bond donors (Lipinski definition) is 1. The van der Waals surface area contributed by atoms with Gasteiger partial charge in [-0.25, -0.2) is 9.78 Å². The maximum atomic E-state index is 12.2. The largest absolute Gasteiger partial charge is 0.469 e. The maximum absolute atomic E-state index is 12.2. The van der Waals surface area contributed by atoms with Crippen LogP contribution in [0.1, 0.15) is 33.6 Å². The van der Waals surface area contributed by atoms with Gasteiger partial charge in [-0.1, -0.05) is 0 Å². The van der Waals surface area contributed by atoms with Gasteiger partial charge >= 0.3 is 11.8 Å². The smallest absolute Gasteiger partial charge is 0.410 e. The summed E-state index contributed by atoms with van der Waals surface area (Å²) in [5.41, 5.74) is -0.415. The van der Waals surface area contributed by atoms with E-state index in [4.69, 9.17) is 9.47 Å². The Morgan fingerprint density at radius 3 is 2.39 bits per heavy atom. The summed E-state index contributed by atoms with van der Waals surface area (Å²) in [5, 5.41) is 14.7. The number of benzene rings is 1. The molecule has 0 spiro atoms. The molecule has 11 nitrogen and oxygen atoms in total. The summed E-state index contributed by atoms with van der Waals surface area (Å²) >= 11 is 0. The molecule has 1 amide bonds. The Kier molecular flexibility index (Phi) is 7.46. The van der Waals surface area contributed by atoms with Crippen LogP contribution in [-0.2, 0) is 15.5 Å². The molecule has 1 unspecified atom stereocenters. The number of nitrogens with zero attached hydrogens (tertiary/aromatic N) is 4. The van der Waals surface area contributed by atoms with Crippen LogP contribution in [0.2, 0.25) is 0 Å². The van der Waals surface area contributed by atoms with Gasteiger partial charge in [0.2, 0.25) is 5.82 Å². The van der Waals surface area contributed by atoms with Crippen molar-refractivity contribution in [1.82, 2.24) is 14.9 Å². The van der Waals surface area contributed by atoms with Crippen LogP contribution in [0.4, 0.5) is 22.0 Å². The van der Waals surface area contributed by atoms with E-state index in [9.17, 15) is 19.1 Å². The third kappa shape index (κ3) is 6.60. The zero-order valence-corrected chi connectivity index (χ0v) is 19.8. The van der Waals surface area contributed by atoms with Gasteiger partial charge in [0.25, 0.3) is 5.88 Å². The Balaban J connectivity index is 1.70. The number of hydrogen-bond acceptors (Lipinski definition) is 9. The summed E-state index contributed by atoms with van der Waals surface area (Å²) in [7, 11) is -1.13. The normalized spacial score (nSPS) is 15.6. The number of likely N-dealkylation sites (tertiary alicyclic amines) is 1. The number of amides is 1. The number of ether oxygens (including phenoxy) is 2. The number of carbonyl (C=O) groups is 1. The fraction of sp³-hybridized carbons (Fsp3) is 0.476. The monoisotopic (exact) mass is 477 g/mol.